The summed E-state index contributed by atoms with van der Waals surface area (Å²) in [5, 5.41) is 3.79. The van der Waals surface area contributed by atoms with Gasteiger partial charge in [0.2, 0.25) is 5.91 Å². The third kappa shape index (κ3) is 4.17. The number of aromatic nitrogens is 1. The molecule has 1 amide bonds. The molecule has 2 aromatic rings. The highest BCUT2D eigenvalue weighted by atomic mass is 19.1. The van der Waals surface area contributed by atoms with Crippen molar-refractivity contribution in [2.45, 2.75) is 25.4 Å². The van der Waals surface area contributed by atoms with E-state index in [9.17, 15) is 9.18 Å². The number of benzene rings is 1. The zero-order valence-corrected chi connectivity index (χ0v) is 14.3. The van der Waals surface area contributed by atoms with Gasteiger partial charge in [-0.3, -0.25) is 4.79 Å². The monoisotopic (exact) mass is 348 g/mol. The molecule has 1 aromatic heterocycles. The SMILES string of the molecule is CO[C@]1(COc2ccc(F)cc2)CCN(C(=O)Cc2cc(C)no2)C1. The minimum absolute atomic E-state index is 0.0307. The maximum Gasteiger partial charge on any atom is 0.230 e. The van der Waals surface area contributed by atoms with Crippen LogP contribution in [0.1, 0.15) is 17.9 Å². The van der Waals surface area contributed by atoms with Gasteiger partial charge in [-0.15, -0.1) is 0 Å². The highest BCUT2D eigenvalue weighted by Gasteiger charge is 2.41. The van der Waals surface area contributed by atoms with E-state index in [0.717, 1.165) is 5.69 Å². The molecule has 0 saturated carbocycles. The van der Waals surface area contributed by atoms with E-state index < -0.39 is 5.60 Å². The Morgan fingerprint density at radius 1 is 1.40 bits per heavy atom. The number of amides is 1. The van der Waals surface area contributed by atoms with Crippen molar-refractivity contribution in [2.24, 2.45) is 0 Å². The van der Waals surface area contributed by atoms with Crippen LogP contribution in [0.15, 0.2) is 34.9 Å². The van der Waals surface area contributed by atoms with E-state index in [2.05, 4.69) is 5.16 Å². The van der Waals surface area contributed by atoms with Crippen LogP contribution in [-0.2, 0) is 16.0 Å². The zero-order chi connectivity index (χ0) is 17.9. The lowest BCUT2D eigenvalue weighted by molar-refractivity contribution is -0.131. The van der Waals surface area contributed by atoms with Crippen LogP contribution in [-0.4, -0.2) is 48.4 Å². The first kappa shape index (κ1) is 17.4. The van der Waals surface area contributed by atoms with Crippen molar-refractivity contribution in [3.8, 4) is 5.75 Å². The Morgan fingerprint density at radius 2 is 2.16 bits per heavy atom. The number of nitrogens with zero attached hydrogens (tertiary/aromatic N) is 2. The molecule has 1 aliphatic rings. The van der Waals surface area contributed by atoms with E-state index in [1.165, 1.54) is 12.1 Å². The molecule has 2 heterocycles. The Kier molecular flexibility index (Phi) is 5.03. The van der Waals surface area contributed by atoms with Crippen LogP contribution in [0.5, 0.6) is 5.75 Å². The Morgan fingerprint density at radius 3 is 2.80 bits per heavy atom. The first-order valence-corrected chi connectivity index (χ1v) is 8.13. The summed E-state index contributed by atoms with van der Waals surface area (Å²) in [6.45, 7) is 3.14. The van der Waals surface area contributed by atoms with Crippen LogP contribution >= 0.6 is 0 Å². The summed E-state index contributed by atoms with van der Waals surface area (Å²) < 4.78 is 29.4. The van der Waals surface area contributed by atoms with Crippen LogP contribution in [0.3, 0.4) is 0 Å². The Labute approximate surface area is 145 Å². The third-order valence-electron chi connectivity index (χ3n) is 4.42. The van der Waals surface area contributed by atoms with Crippen LogP contribution < -0.4 is 4.74 Å². The molecular formula is C18H21FN2O4. The van der Waals surface area contributed by atoms with Gasteiger partial charge in [-0.2, -0.15) is 0 Å². The van der Waals surface area contributed by atoms with Crippen molar-refractivity contribution in [1.29, 1.82) is 0 Å². The van der Waals surface area contributed by atoms with Gasteiger partial charge in [-0.25, -0.2) is 4.39 Å². The summed E-state index contributed by atoms with van der Waals surface area (Å²) in [7, 11) is 1.61. The van der Waals surface area contributed by atoms with E-state index in [-0.39, 0.29) is 18.1 Å². The molecule has 1 saturated heterocycles. The average molecular weight is 348 g/mol. The molecule has 134 valence electrons. The number of rotatable bonds is 6. The number of hydrogen-bond donors (Lipinski definition) is 0. The minimum Gasteiger partial charge on any atom is -0.491 e. The summed E-state index contributed by atoms with van der Waals surface area (Å²) in [6, 6.07) is 7.60. The number of aryl methyl sites for hydroxylation is 1. The van der Waals surface area contributed by atoms with Gasteiger partial charge in [0, 0.05) is 19.7 Å². The lowest BCUT2D eigenvalue weighted by Gasteiger charge is -2.27. The molecule has 1 aliphatic heterocycles. The van der Waals surface area contributed by atoms with Crippen molar-refractivity contribution in [2.75, 3.05) is 26.8 Å². The van der Waals surface area contributed by atoms with Gasteiger partial charge in [0.1, 0.15) is 29.5 Å². The van der Waals surface area contributed by atoms with Crippen LogP contribution in [0.4, 0.5) is 4.39 Å². The van der Waals surface area contributed by atoms with E-state index in [1.54, 1.807) is 30.2 Å². The maximum atomic E-state index is 13.0. The fraction of sp³-hybridized carbons (Fsp3) is 0.444. The zero-order valence-electron chi connectivity index (χ0n) is 14.3. The van der Waals surface area contributed by atoms with Gasteiger partial charge < -0.3 is 18.9 Å². The summed E-state index contributed by atoms with van der Waals surface area (Å²) >= 11 is 0. The topological polar surface area (TPSA) is 64.8 Å². The highest BCUT2D eigenvalue weighted by molar-refractivity contribution is 5.78. The molecule has 25 heavy (non-hydrogen) atoms. The van der Waals surface area contributed by atoms with Crippen LogP contribution in [0.2, 0.25) is 0 Å². The molecule has 1 fully saturated rings. The smallest absolute Gasteiger partial charge is 0.230 e. The van der Waals surface area contributed by atoms with Crippen molar-refractivity contribution < 1.29 is 23.2 Å². The minimum atomic E-state index is -0.568. The molecule has 0 N–H and O–H groups in total. The molecule has 1 atom stereocenters. The van der Waals surface area contributed by atoms with Crippen molar-refractivity contribution in [1.82, 2.24) is 10.1 Å². The third-order valence-corrected chi connectivity index (χ3v) is 4.42. The Bertz CT molecular complexity index is 731. The fourth-order valence-electron chi connectivity index (χ4n) is 2.91. The summed E-state index contributed by atoms with van der Waals surface area (Å²) in [6.07, 6.45) is 0.853. The van der Waals surface area contributed by atoms with Gasteiger partial charge in [-0.05, 0) is 37.6 Å². The van der Waals surface area contributed by atoms with Gasteiger partial charge in [-0.1, -0.05) is 5.16 Å². The predicted octanol–water partition coefficient (Wildman–Crippen LogP) is 2.36. The van der Waals surface area contributed by atoms with E-state index >= 15 is 0 Å². The van der Waals surface area contributed by atoms with Crippen molar-refractivity contribution in [3.63, 3.8) is 0 Å². The van der Waals surface area contributed by atoms with Crippen molar-refractivity contribution in [3.05, 3.63) is 47.6 Å². The van der Waals surface area contributed by atoms with Gasteiger partial charge >= 0.3 is 0 Å². The first-order valence-electron chi connectivity index (χ1n) is 8.13. The number of carbonyl (C=O) groups is 1. The summed E-state index contributed by atoms with van der Waals surface area (Å²) in [5.74, 6) is 0.783. The predicted molar refractivity (Wildman–Crippen MR) is 87.8 cm³/mol. The normalized spacial score (nSPS) is 20.0. The van der Waals surface area contributed by atoms with Crippen molar-refractivity contribution >= 4 is 5.91 Å². The van der Waals surface area contributed by atoms with E-state index in [0.29, 0.717) is 37.6 Å². The second-order valence-electron chi connectivity index (χ2n) is 6.31. The largest absolute Gasteiger partial charge is 0.491 e. The molecule has 0 aliphatic carbocycles. The highest BCUT2D eigenvalue weighted by Crippen LogP contribution is 2.27. The standard InChI is InChI=1S/C18H21FN2O4/c1-13-9-16(25-20-13)10-17(22)21-8-7-18(11-21,23-2)12-24-15-5-3-14(19)4-6-15/h3-6,9H,7-8,10-12H2,1-2H3/t18-/m1/s1. The maximum absolute atomic E-state index is 13.0. The fourth-order valence-corrected chi connectivity index (χ4v) is 2.91. The number of likely N-dealkylation sites (tertiary alicyclic amines) is 1. The van der Waals surface area contributed by atoms with Gasteiger partial charge in [0.25, 0.3) is 0 Å². The molecule has 0 bridgehead atoms. The number of methoxy groups -OCH3 is 1. The second-order valence-corrected chi connectivity index (χ2v) is 6.31. The van der Waals surface area contributed by atoms with E-state index in [1.807, 2.05) is 6.92 Å². The summed E-state index contributed by atoms with van der Waals surface area (Å²) in [5.41, 5.74) is 0.185. The lowest BCUT2D eigenvalue weighted by Crippen LogP contribution is -2.42. The lowest BCUT2D eigenvalue weighted by atomic mass is 10.0. The average Bonchev–Trinajstić information content (AvgIpc) is 3.21. The Hall–Kier alpha value is -2.41. The quantitative estimate of drug-likeness (QED) is 0.802. The van der Waals surface area contributed by atoms with Gasteiger partial charge in [0.15, 0.2) is 0 Å². The molecule has 6 nitrogen and oxygen atoms in total. The second kappa shape index (κ2) is 7.23. The Balaban J connectivity index is 1.57. The van der Waals surface area contributed by atoms with E-state index in [4.69, 9.17) is 14.0 Å². The molecule has 0 unspecified atom stereocenters. The number of ether oxygens (including phenoxy) is 2. The number of carbonyl (C=O) groups excluding carboxylic acids is 1. The number of hydrogen-bond acceptors (Lipinski definition) is 5. The molecule has 3 rings (SSSR count). The summed E-state index contributed by atoms with van der Waals surface area (Å²) in [4.78, 5) is 14.2. The molecule has 7 heteroatoms. The molecule has 0 radical (unpaired) electrons. The molecule has 0 spiro atoms. The molecular weight excluding hydrogens is 327 g/mol. The first-order chi connectivity index (χ1) is 12.0. The molecule has 1 aromatic carbocycles. The van der Waals surface area contributed by atoms with Gasteiger partial charge in [0.05, 0.1) is 18.7 Å². The number of halogens is 1. The van der Waals surface area contributed by atoms with Crippen LogP contribution in [0, 0.1) is 12.7 Å². The van der Waals surface area contributed by atoms with Crippen LogP contribution in [0.25, 0.3) is 0 Å².